The van der Waals surface area contributed by atoms with Crippen molar-refractivity contribution in [3.63, 3.8) is 0 Å². The van der Waals surface area contributed by atoms with Gasteiger partial charge in [0.2, 0.25) is 11.6 Å². The molecule has 1 N–H and O–H groups in total. The summed E-state index contributed by atoms with van der Waals surface area (Å²) in [6, 6.07) is 22.7. The Morgan fingerprint density at radius 3 is 2.10 bits per heavy atom. The molecule has 154 valence electrons. The summed E-state index contributed by atoms with van der Waals surface area (Å²) in [6.07, 6.45) is 0. The molecule has 0 unspecified atom stereocenters. The maximum absolute atomic E-state index is 13.3. The van der Waals surface area contributed by atoms with Crippen molar-refractivity contribution in [3.05, 3.63) is 103 Å². The van der Waals surface area contributed by atoms with Crippen LogP contribution in [0.3, 0.4) is 0 Å². The number of benzene rings is 3. The largest absolute Gasteiger partial charge is 0.492 e. The van der Waals surface area contributed by atoms with Crippen molar-refractivity contribution >= 4 is 51.1 Å². The van der Waals surface area contributed by atoms with E-state index in [1.54, 1.807) is 72.8 Å². The third-order valence-corrected chi connectivity index (χ3v) is 5.55. The second-order valence-electron chi connectivity index (χ2n) is 6.42. The molecule has 0 amide bonds. The van der Waals surface area contributed by atoms with Crippen LogP contribution in [-0.2, 0) is 0 Å². The maximum Gasteiger partial charge on any atom is 0.290 e. The first kappa shape index (κ1) is 21.2. The number of azo groups is 1. The summed E-state index contributed by atoms with van der Waals surface area (Å²) in [5.74, 6) is -0.412. The van der Waals surface area contributed by atoms with Crippen molar-refractivity contribution in [2.45, 2.75) is 0 Å². The van der Waals surface area contributed by atoms with Gasteiger partial charge < -0.3 is 5.11 Å². The van der Waals surface area contributed by atoms with Crippen molar-refractivity contribution in [2.75, 3.05) is 0 Å². The zero-order valence-corrected chi connectivity index (χ0v) is 19.0. The van der Waals surface area contributed by atoms with E-state index in [1.807, 2.05) is 6.07 Å². The van der Waals surface area contributed by atoms with Gasteiger partial charge in [0.1, 0.15) is 0 Å². The van der Waals surface area contributed by atoms with Gasteiger partial charge in [-0.05, 0) is 72.9 Å². The molecule has 6 nitrogen and oxygen atoms in total. The first-order valence-electron chi connectivity index (χ1n) is 9.05. The van der Waals surface area contributed by atoms with Gasteiger partial charge in [-0.15, -0.1) is 5.11 Å². The van der Waals surface area contributed by atoms with E-state index >= 15 is 0 Å². The summed E-state index contributed by atoms with van der Waals surface area (Å²) in [6.45, 7) is 0. The van der Waals surface area contributed by atoms with Gasteiger partial charge in [-0.25, -0.2) is 0 Å². The van der Waals surface area contributed by atoms with Crippen molar-refractivity contribution in [1.29, 1.82) is 0 Å². The average molecular weight is 514 g/mol. The zero-order chi connectivity index (χ0) is 22.0. The van der Waals surface area contributed by atoms with E-state index in [1.165, 1.54) is 9.13 Å². The molecule has 0 aliphatic rings. The highest BCUT2D eigenvalue weighted by molar-refractivity contribution is 9.10. The molecule has 1 heterocycles. The van der Waals surface area contributed by atoms with E-state index in [4.69, 9.17) is 23.8 Å². The van der Waals surface area contributed by atoms with Gasteiger partial charge in [-0.1, -0.05) is 45.7 Å². The Bertz CT molecular complexity index is 1380. The number of para-hydroxylation sites is 1. The normalized spacial score (nSPS) is 11.2. The number of aromatic hydroxyl groups is 1. The van der Waals surface area contributed by atoms with Crippen molar-refractivity contribution in [3.8, 4) is 17.3 Å². The van der Waals surface area contributed by atoms with Crippen molar-refractivity contribution < 1.29 is 5.11 Å². The number of aromatic nitrogens is 2. The van der Waals surface area contributed by atoms with E-state index in [9.17, 15) is 9.90 Å². The van der Waals surface area contributed by atoms with Gasteiger partial charge in [-0.3, -0.25) is 13.9 Å². The lowest BCUT2D eigenvalue weighted by Crippen LogP contribution is -2.23. The molecule has 3 aromatic carbocycles. The molecule has 1 aromatic heterocycles. The molecule has 0 bridgehead atoms. The zero-order valence-electron chi connectivity index (χ0n) is 15.8. The fourth-order valence-corrected chi connectivity index (χ4v) is 3.69. The molecule has 0 fully saturated rings. The third-order valence-electron chi connectivity index (χ3n) is 4.40. The van der Waals surface area contributed by atoms with Crippen LogP contribution in [0.5, 0.6) is 5.88 Å². The molecule has 0 aliphatic carbocycles. The molecule has 0 saturated heterocycles. The fourth-order valence-electron chi connectivity index (χ4n) is 2.92. The van der Waals surface area contributed by atoms with Crippen LogP contribution in [0.4, 0.5) is 11.4 Å². The first-order valence-corrected chi connectivity index (χ1v) is 10.6. The number of rotatable bonds is 4. The summed E-state index contributed by atoms with van der Waals surface area (Å²) < 4.78 is 3.63. The molecule has 9 heteroatoms. The minimum Gasteiger partial charge on any atom is -0.492 e. The van der Waals surface area contributed by atoms with Crippen LogP contribution in [0, 0.1) is 4.77 Å². The first-order chi connectivity index (χ1) is 15.0. The monoisotopic (exact) mass is 512 g/mol. The number of hydrogen-bond acceptors (Lipinski definition) is 5. The van der Waals surface area contributed by atoms with E-state index < -0.39 is 11.4 Å². The lowest BCUT2D eigenvalue weighted by atomic mass is 10.3. The van der Waals surface area contributed by atoms with Gasteiger partial charge in [0.15, 0.2) is 4.77 Å². The SMILES string of the molecule is O=c1c(N=Nc2ccc(Br)cc2)c(O)n(-c2ccc(Cl)cc2)c(=S)n1-c1ccccc1. The minimum atomic E-state index is -0.584. The van der Waals surface area contributed by atoms with E-state index in [0.717, 1.165) is 4.47 Å². The Labute approximate surface area is 195 Å². The molecule has 0 aliphatic heterocycles. The van der Waals surface area contributed by atoms with Crippen molar-refractivity contribution in [1.82, 2.24) is 9.13 Å². The molecule has 4 aromatic rings. The summed E-state index contributed by atoms with van der Waals surface area (Å²) in [5, 5.41) is 19.7. The van der Waals surface area contributed by atoms with Gasteiger partial charge >= 0.3 is 0 Å². The standard InChI is InChI=1S/C22H14BrClN4O2S/c23-14-6-10-16(11-7-14)25-26-19-20(29)27(17-4-2-1-3-5-17)22(31)28(21(19)30)18-12-8-15(24)9-13-18/h1-13,30H. The van der Waals surface area contributed by atoms with Gasteiger partial charge in [-0.2, -0.15) is 5.11 Å². The van der Waals surface area contributed by atoms with E-state index in [2.05, 4.69) is 26.2 Å². The molecule has 0 radical (unpaired) electrons. The van der Waals surface area contributed by atoms with Crippen LogP contribution in [0.15, 0.2) is 98.4 Å². The summed E-state index contributed by atoms with van der Waals surface area (Å²) in [5.41, 5.74) is 0.765. The maximum atomic E-state index is 13.3. The molecular weight excluding hydrogens is 500 g/mol. The van der Waals surface area contributed by atoms with Crippen molar-refractivity contribution in [2.24, 2.45) is 10.2 Å². The van der Waals surface area contributed by atoms with E-state index in [-0.39, 0.29) is 10.5 Å². The molecule has 4 rings (SSSR count). The quantitative estimate of drug-likeness (QED) is 0.238. The fraction of sp³-hybridized carbons (Fsp3) is 0. The Kier molecular flexibility index (Phi) is 6.13. The van der Waals surface area contributed by atoms with Crippen LogP contribution in [0.2, 0.25) is 5.02 Å². The average Bonchev–Trinajstić information content (AvgIpc) is 2.77. The summed E-state index contributed by atoms with van der Waals surface area (Å²) in [4.78, 5) is 13.3. The van der Waals surface area contributed by atoms with Crippen LogP contribution >= 0.6 is 39.7 Å². The molecular formula is C22H14BrClN4O2S. The Morgan fingerprint density at radius 2 is 1.45 bits per heavy atom. The van der Waals surface area contributed by atoms with Crippen LogP contribution in [0.25, 0.3) is 11.4 Å². The Morgan fingerprint density at radius 1 is 0.839 bits per heavy atom. The lowest BCUT2D eigenvalue weighted by molar-refractivity contribution is 0.432. The smallest absolute Gasteiger partial charge is 0.290 e. The molecule has 0 spiro atoms. The van der Waals surface area contributed by atoms with Gasteiger partial charge in [0.25, 0.3) is 5.56 Å². The predicted octanol–water partition coefficient (Wildman–Crippen LogP) is 6.89. The Hall–Kier alpha value is -3.07. The van der Waals surface area contributed by atoms with Crippen LogP contribution in [-0.4, -0.2) is 14.2 Å². The molecule has 31 heavy (non-hydrogen) atoms. The van der Waals surface area contributed by atoms with E-state index in [0.29, 0.717) is 22.1 Å². The van der Waals surface area contributed by atoms with Crippen LogP contribution in [0.1, 0.15) is 0 Å². The Balaban J connectivity index is 1.98. The highest BCUT2D eigenvalue weighted by Gasteiger charge is 2.19. The number of hydrogen-bond donors (Lipinski definition) is 1. The number of halogens is 2. The third kappa shape index (κ3) is 4.36. The topological polar surface area (TPSA) is 71.9 Å². The second-order valence-corrected chi connectivity index (χ2v) is 8.14. The van der Waals surface area contributed by atoms with Gasteiger partial charge in [0, 0.05) is 9.50 Å². The summed E-state index contributed by atoms with van der Waals surface area (Å²) >= 11 is 14.9. The highest BCUT2D eigenvalue weighted by Crippen LogP contribution is 2.29. The molecule has 0 saturated carbocycles. The second kappa shape index (κ2) is 8.97. The number of nitrogens with zero attached hydrogens (tertiary/aromatic N) is 4. The highest BCUT2D eigenvalue weighted by atomic mass is 79.9. The summed E-state index contributed by atoms with van der Waals surface area (Å²) in [7, 11) is 0. The molecule has 0 atom stereocenters. The minimum absolute atomic E-state index is 0.0821. The van der Waals surface area contributed by atoms with Crippen LogP contribution < -0.4 is 5.56 Å². The lowest BCUT2D eigenvalue weighted by Gasteiger charge is -2.16. The predicted molar refractivity (Wildman–Crippen MR) is 127 cm³/mol. The van der Waals surface area contributed by atoms with Gasteiger partial charge in [0.05, 0.1) is 17.1 Å².